The lowest BCUT2D eigenvalue weighted by molar-refractivity contribution is -0.146. The van der Waals surface area contributed by atoms with Crippen molar-refractivity contribution in [2.45, 2.75) is 32.4 Å². The Morgan fingerprint density at radius 3 is 2.67 bits per heavy atom. The molecule has 100 valence electrons. The van der Waals surface area contributed by atoms with Crippen LogP contribution in [0, 0.1) is 0 Å². The van der Waals surface area contributed by atoms with E-state index in [0.717, 1.165) is 0 Å². The predicted octanol–water partition coefficient (Wildman–Crippen LogP) is 0.676. The summed E-state index contributed by atoms with van der Waals surface area (Å²) in [7, 11) is 1.43. The summed E-state index contributed by atoms with van der Waals surface area (Å²) in [6.07, 6.45) is 2.28. The number of carbonyl (C=O) groups excluding carboxylic acids is 1. The van der Waals surface area contributed by atoms with E-state index in [1.54, 1.807) is 6.92 Å². The predicted molar refractivity (Wildman–Crippen MR) is 64.3 cm³/mol. The van der Waals surface area contributed by atoms with Crippen LogP contribution in [-0.4, -0.2) is 40.0 Å². The first-order valence-electron chi connectivity index (χ1n) is 5.41. The molecule has 18 heavy (non-hydrogen) atoms. The summed E-state index contributed by atoms with van der Waals surface area (Å²) in [5.41, 5.74) is -0.742. The minimum absolute atomic E-state index is 0.315. The molecule has 0 saturated carbocycles. The molecule has 0 spiro atoms. The normalized spacial score (nSPS) is 13.1. The number of carboxylic acid groups (broad SMARTS) is 1. The molecule has 7 heteroatoms. The van der Waals surface area contributed by atoms with Gasteiger partial charge in [-0.3, -0.25) is 9.48 Å². The lowest BCUT2D eigenvalue weighted by Crippen LogP contribution is -2.36. The highest BCUT2D eigenvalue weighted by atomic mass is 16.5. The van der Waals surface area contributed by atoms with Crippen molar-refractivity contribution in [3.8, 4) is 0 Å². The minimum Gasteiger partial charge on any atom is -0.479 e. The monoisotopic (exact) mass is 255 g/mol. The highest BCUT2D eigenvalue weighted by Crippen LogP contribution is 2.17. The van der Waals surface area contributed by atoms with E-state index in [4.69, 9.17) is 9.84 Å². The second kappa shape index (κ2) is 5.18. The molecule has 2 N–H and O–H groups in total. The average molecular weight is 255 g/mol. The van der Waals surface area contributed by atoms with E-state index in [-0.39, 0.29) is 5.91 Å². The molecule has 0 aliphatic rings. The van der Waals surface area contributed by atoms with Gasteiger partial charge in [-0.1, -0.05) is 0 Å². The van der Waals surface area contributed by atoms with Gasteiger partial charge in [-0.2, -0.15) is 5.10 Å². The zero-order chi connectivity index (χ0) is 13.9. The van der Waals surface area contributed by atoms with Gasteiger partial charge in [0.05, 0.1) is 11.9 Å². The first kappa shape index (κ1) is 14.2. The second-order valence-corrected chi connectivity index (χ2v) is 4.40. The van der Waals surface area contributed by atoms with Crippen LogP contribution in [0.25, 0.3) is 0 Å². The van der Waals surface area contributed by atoms with Gasteiger partial charge in [-0.05, 0) is 20.8 Å². The maximum atomic E-state index is 11.5. The highest BCUT2D eigenvalue weighted by Gasteiger charge is 2.30. The molecule has 0 saturated heterocycles. The maximum absolute atomic E-state index is 11.5. The maximum Gasteiger partial charge on any atom is 0.331 e. The zero-order valence-electron chi connectivity index (χ0n) is 10.8. The number of hydrogen-bond donors (Lipinski definition) is 2. The molecule has 1 aromatic rings. The molecule has 0 unspecified atom stereocenters. The quantitative estimate of drug-likeness (QED) is 0.806. The zero-order valence-corrected chi connectivity index (χ0v) is 10.8. The van der Waals surface area contributed by atoms with E-state index in [2.05, 4.69) is 10.4 Å². The first-order valence-corrected chi connectivity index (χ1v) is 5.41. The number of hydrogen-bond acceptors (Lipinski definition) is 4. The van der Waals surface area contributed by atoms with E-state index in [9.17, 15) is 9.59 Å². The number of aliphatic carboxylic acids is 1. The number of anilines is 1. The number of rotatable bonds is 5. The Bertz CT molecular complexity index is 453. The van der Waals surface area contributed by atoms with Crippen molar-refractivity contribution in [3.05, 3.63) is 12.4 Å². The summed E-state index contributed by atoms with van der Waals surface area (Å²) < 4.78 is 6.14. The topological polar surface area (TPSA) is 93.5 Å². The summed E-state index contributed by atoms with van der Waals surface area (Å²) in [5, 5.41) is 15.6. The fraction of sp³-hybridized carbons (Fsp3) is 0.545. The molecular weight excluding hydrogens is 238 g/mol. The molecule has 1 atom stereocenters. The van der Waals surface area contributed by atoms with Crippen molar-refractivity contribution in [2.75, 3.05) is 12.4 Å². The molecule has 1 heterocycles. The number of carbonyl (C=O) groups is 2. The molecule has 0 bridgehead atoms. The van der Waals surface area contributed by atoms with Crippen LogP contribution in [0.3, 0.4) is 0 Å². The van der Waals surface area contributed by atoms with Crippen molar-refractivity contribution in [1.29, 1.82) is 0 Å². The molecule has 1 aromatic heterocycles. The number of ether oxygens (including phenoxy) is 1. The third kappa shape index (κ3) is 2.86. The van der Waals surface area contributed by atoms with Gasteiger partial charge in [0.25, 0.3) is 5.91 Å². The SMILES string of the molecule is CO[C@H](C)C(=O)Nc1cnn(C(C)(C)C(=O)O)c1. The van der Waals surface area contributed by atoms with E-state index in [0.29, 0.717) is 5.69 Å². The second-order valence-electron chi connectivity index (χ2n) is 4.40. The number of nitrogens with zero attached hydrogens (tertiary/aromatic N) is 2. The van der Waals surface area contributed by atoms with Crippen LogP contribution in [0.2, 0.25) is 0 Å². The van der Waals surface area contributed by atoms with E-state index < -0.39 is 17.6 Å². The lowest BCUT2D eigenvalue weighted by atomic mass is 10.1. The van der Waals surface area contributed by atoms with Crippen molar-refractivity contribution in [1.82, 2.24) is 9.78 Å². The Morgan fingerprint density at radius 1 is 1.56 bits per heavy atom. The fourth-order valence-electron chi connectivity index (χ4n) is 1.14. The highest BCUT2D eigenvalue weighted by molar-refractivity contribution is 5.93. The Kier molecular flexibility index (Phi) is 4.07. The summed E-state index contributed by atoms with van der Waals surface area (Å²) in [6.45, 7) is 4.65. The Balaban J connectivity index is 2.82. The third-order valence-electron chi connectivity index (χ3n) is 2.67. The van der Waals surface area contributed by atoms with Gasteiger partial charge in [-0.15, -0.1) is 0 Å². The number of nitrogens with one attached hydrogen (secondary N) is 1. The van der Waals surface area contributed by atoms with Gasteiger partial charge in [-0.25, -0.2) is 4.79 Å². The summed E-state index contributed by atoms with van der Waals surface area (Å²) in [5.74, 6) is -1.32. The van der Waals surface area contributed by atoms with Gasteiger partial charge in [0, 0.05) is 13.3 Å². The molecule has 0 aromatic carbocycles. The number of carboxylic acids is 1. The fourth-order valence-corrected chi connectivity index (χ4v) is 1.14. The smallest absolute Gasteiger partial charge is 0.331 e. The molecule has 1 amide bonds. The summed E-state index contributed by atoms with van der Waals surface area (Å²) in [6, 6.07) is 0. The van der Waals surface area contributed by atoms with Crippen LogP contribution in [0.4, 0.5) is 5.69 Å². The number of methoxy groups -OCH3 is 1. The lowest BCUT2D eigenvalue weighted by Gasteiger charge is -2.19. The molecule has 0 fully saturated rings. The van der Waals surface area contributed by atoms with Crippen LogP contribution in [0.1, 0.15) is 20.8 Å². The minimum atomic E-state index is -1.17. The third-order valence-corrected chi connectivity index (χ3v) is 2.67. The van der Waals surface area contributed by atoms with Crippen LogP contribution in [0.15, 0.2) is 12.4 Å². The molecule has 1 rings (SSSR count). The van der Waals surface area contributed by atoms with Crippen molar-refractivity contribution in [3.63, 3.8) is 0 Å². The van der Waals surface area contributed by atoms with Crippen molar-refractivity contribution in [2.24, 2.45) is 0 Å². The van der Waals surface area contributed by atoms with E-state index >= 15 is 0 Å². The van der Waals surface area contributed by atoms with Gasteiger partial charge in [0.1, 0.15) is 6.10 Å². The Labute approximate surface area is 105 Å². The molecule has 7 nitrogen and oxygen atoms in total. The average Bonchev–Trinajstić information content (AvgIpc) is 2.76. The van der Waals surface area contributed by atoms with Gasteiger partial charge in [0.15, 0.2) is 5.54 Å². The Hall–Kier alpha value is -1.89. The van der Waals surface area contributed by atoms with Gasteiger partial charge < -0.3 is 15.2 Å². The standard InChI is InChI=1S/C11H17N3O4/c1-7(18-4)9(15)13-8-5-12-14(6-8)11(2,3)10(16)17/h5-7H,1-4H3,(H,13,15)(H,16,17)/t7-/m1/s1. The van der Waals surface area contributed by atoms with Gasteiger partial charge in [0.2, 0.25) is 0 Å². The largest absolute Gasteiger partial charge is 0.479 e. The van der Waals surface area contributed by atoms with E-state index in [1.807, 2.05) is 0 Å². The molecular formula is C11H17N3O4. The first-order chi connectivity index (χ1) is 8.28. The summed E-state index contributed by atoms with van der Waals surface area (Å²) >= 11 is 0. The Morgan fingerprint density at radius 2 is 2.17 bits per heavy atom. The number of amides is 1. The molecule has 0 aliphatic heterocycles. The van der Waals surface area contributed by atoms with Crippen molar-refractivity contribution < 1.29 is 19.4 Å². The van der Waals surface area contributed by atoms with Crippen LogP contribution < -0.4 is 5.32 Å². The van der Waals surface area contributed by atoms with E-state index in [1.165, 1.54) is 38.0 Å². The summed E-state index contributed by atoms with van der Waals surface area (Å²) in [4.78, 5) is 22.6. The van der Waals surface area contributed by atoms with Crippen LogP contribution in [0.5, 0.6) is 0 Å². The van der Waals surface area contributed by atoms with Gasteiger partial charge >= 0.3 is 5.97 Å². The molecule has 0 radical (unpaired) electrons. The van der Waals surface area contributed by atoms with Crippen LogP contribution in [-0.2, 0) is 19.9 Å². The molecule has 0 aliphatic carbocycles. The number of aromatic nitrogens is 2. The van der Waals surface area contributed by atoms with Crippen molar-refractivity contribution >= 4 is 17.6 Å². The van der Waals surface area contributed by atoms with Crippen LogP contribution >= 0.6 is 0 Å².